The van der Waals surface area contributed by atoms with E-state index in [9.17, 15) is 8.42 Å². The predicted molar refractivity (Wildman–Crippen MR) is 82.4 cm³/mol. The van der Waals surface area contributed by atoms with E-state index < -0.39 is 10.0 Å². The van der Waals surface area contributed by atoms with Crippen molar-refractivity contribution in [2.45, 2.75) is 4.90 Å². The van der Waals surface area contributed by atoms with Gasteiger partial charge in [0, 0.05) is 28.7 Å². The largest absolute Gasteiger partial charge is 0.320 e. The van der Waals surface area contributed by atoms with Crippen molar-refractivity contribution in [2.75, 3.05) is 11.3 Å². The number of aromatic nitrogens is 1. The van der Waals surface area contributed by atoms with E-state index in [4.69, 9.17) is 17.3 Å². The van der Waals surface area contributed by atoms with Crippen LogP contribution in [0.2, 0.25) is 5.02 Å². The predicted octanol–water partition coefficient (Wildman–Crippen LogP) is 1.85. The third-order valence-electron chi connectivity index (χ3n) is 2.45. The molecule has 0 saturated heterocycles. The smallest absolute Gasteiger partial charge is 0.263 e. The molecule has 0 fully saturated rings. The zero-order chi connectivity index (χ0) is 15.3. The van der Waals surface area contributed by atoms with Crippen LogP contribution in [0.5, 0.6) is 0 Å². The molecule has 5 nitrogen and oxygen atoms in total. The second-order valence-electron chi connectivity index (χ2n) is 4.03. The molecule has 2 rings (SSSR count). The zero-order valence-corrected chi connectivity index (χ0v) is 12.4. The van der Waals surface area contributed by atoms with Gasteiger partial charge in [-0.15, -0.1) is 0 Å². The quantitative estimate of drug-likeness (QED) is 0.845. The molecule has 0 aliphatic heterocycles. The molecule has 1 heterocycles. The van der Waals surface area contributed by atoms with Gasteiger partial charge in [-0.05, 0) is 30.3 Å². The SMILES string of the molecule is NCC#Cc1cncc(S(=O)(=O)Nc2ccc(Cl)cc2)c1. The first-order chi connectivity index (χ1) is 10.0. The molecule has 0 amide bonds. The molecule has 1 aromatic heterocycles. The highest BCUT2D eigenvalue weighted by Gasteiger charge is 2.15. The van der Waals surface area contributed by atoms with Crippen LogP contribution in [0.4, 0.5) is 5.69 Å². The van der Waals surface area contributed by atoms with Crippen LogP contribution in [0.25, 0.3) is 0 Å². The van der Waals surface area contributed by atoms with Crippen LogP contribution < -0.4 is 10.5 Å². The Morgan fingerprint density at radius 1 is 1.24 bits per heavy atom. The fourth-order valence-electron chi connectivity index (χ4n) is 1.52. The number of nitrogens with zero attached hydrogens (tertiary/aromatic N) is 1. The molecule has 3 N–H and O–H groups in total. The summed E-state index contributed by atoms with van der Waals surface area (Å²) < 4.78 is 27.0. The van der Waals surface area contributed by atoms with E-state index in [2.05, 4.69) is 21.5 Å². The molecule has 1 aromatic carbocycles. The van der Waals surface area contributed by atoms with E-state index in [-0.39, 0.29) is 11.4 Å². The Hall–Kier alpha value is -2.07. The normalized spacial score (nSPS) is 10.6. The van der Waals surface area contributed by atoms with E-state index in [0.29, 0.717) is 16.3 Å². The maximum atomic E-state index is 12.3. The molecule has 0 aliphatic rings. The Morgan fingerprint density at radius 3 is 2.62 bits per heavy atom. The maximum absolute atomic E-state index is 12.3. The highest BCUT2D eigenvalue weighted by molar-refractivity contribution is 7.92. The van der Waals surface area contributed by atoms with Gasteiger partial charge >= 0.3 is 0 Å². The number of halogens is 1. The Kier molecular flexibility index (Phi) is 4.81. The highest BCUT2D eigenvalue weighted by atomic mass is 35.5. The summed E-state index contributed by atoms with van der Waals surface area (Å²) in [7, 11) is -3.73. The maximum Gasteiger partial charge on any atom is 0.263 e. The lowest BCUT2D eigenvalue weighted by Gasteiger charge is -2.08. The van der Waals surface area contributed by atoms with Crippen LogP contribution in [0.1, 0.15) is 5.56 Å². The Balaban J connectivity index is 2.29. The molecule has 0 saturated carbocycles. The Labute approximate surface area is 128 Å². The van der Waals surface area contributed by atoms with Crippen molar-refractivity contribution < 1.29 is 8.42 Å². The van der Waals surface area contributed by atoms with Crippen LogP contribution in [-0.4, -0.2) is 19.9 Å². The standard InChI is InChI=1S/C14H12ClN3O2S/c15-12-3-5-13(6-4-12)18-21(19,20)14-8-11(2-1-7-16)9-17-10-14/h3-6,8-10,18H,7,16H2. The van der Waals surface area contributed by atoms with Gasteiger partial charge in [-0.2, -0.15) is 0 Å². The van der Waals surface area contributed by atoms with Crippen molar-refractivity contribution in [3.63, 3.8) is 0 Å². The minimum absolute atomic E-state index is 0.0290. The summed E-state index contributed by atoms with van der Waals surface area (Å²) in [4.78, 5) is 3.90. The third-order valence-corrected chi connectivity index (χ3v) is 4.05. The van der Waals surface area contributed by atoms with E-state index >= 15 is 0 Å². The Morgan fingerprint density at radius 2 is 1.95 bits per heavy atom. The van der Waals surface area contributed by atoms with Gasteiger partial charge in [0.1, 0.15) is 4.90 Å². The summed E-state index contributed by atoms with van der Waals surface area (Å²) in [6.07, 6.45) is 2.73. The molecule has 108 valence electrons. The number of rotatable bonds is 3. The molecule has 2 aromatic rings. The first-order valence-corrected chi connectivity index (χ1v) is 7.80. The number of nitrogens with two attached hydrogens (primary N) is 1. The average Bonchev–Trinajstić information content (AvgIpc) is 2.48. The summed E-state index contributed by atoms with van der Waals surface area (Å²) in [6, 6.07) is 7.78. The lowest BCUT2D eigenvalue weighted by Crippen LogP contribution is -2.13. The summed E-state index contributed by atoms with van der Waals surface area (Å²) in [5.74, 6) is 5.39. The van der Waals surface area contributed by atoms with Gasteiger partial charge in [-0.3, -0.25) is 9.71 Å². The monoisotopic (exact) mass is 321 g/mol. The molecule has 7 heteroatoms. The molecule has 0 aliphatic carbocycles. The van der Waals surface area contributed by atoms with Crippen molar-refractivity contribution in [3.05, 3.63) is 53.3 Å². The molecule has 21 heavy (non-hydrogen) atoms. The number of nitrogens with one attached hydrogen (secondary N) is 1. The van der Waals surface area contributed by atoms with E-state index in [1.165, 1.54) is 18.5 Å². The van der Waals surface area contributed by atoms with Crippen molar-refractivity contribution in [1.82, 2.24) is 4.98 Å². The first kappa shape index (κ1) is 15.3. The van der Waals surface area contributed by atoms with Crippen LogP contribution in [0.3, 0.4) is 0 Å². The second-order valence-corrected chi connectivity index (χ2v) is 6.15. The van der Waals surface area contributed by atoms with Gasteiger partial charge in [0.05, 0.1) is 6.54 Å². The third kappa shape index (κ3) is 4.20. The summed E-state index contributed by atoms with van der Waals surface area (Å²) in [5.41, 5.74) is 6.18. The molecular weight excluding hydrogens is 310 g/mol. The molecule has 0 radical (unpaired) electrons. The van der Waals surface area contributed by atoms with Crippen LogP contribution in [-0.2, 0) is 10.0 Å². The fourth-order valence-corrected chi connectivity index (χ4v) is 2.69. The zero-order valence-electron chi connectivity index (χ0n) is 10.9. The van der Waals surface area contributed by atoms with E-state index in [0.717, 1.165) is 0 Å². The molecule has 0 bridgehead atoms. The van der Waals surface area contributed by atoms with E-state index in [1.54, 1.807) is 24.3 Å². The molecule has 0 spiro atoms. The first-order valence-electron chi connectivity index (χ1n) is 5.93. The van der Waals surface area contributed by atoms with Crippen molar-refractivity contribution in [2.24, 2.45) is 5.73 Å². The topological polar surface area (TPSA) is 85.1 Å². The highest BCUT2D eigenvalue weighted by Crippen LogP contribution is 2.18. The average molecular weight is 322 g/mol. The van der Waals surface area contributed by atoms with Crippen LogP contribution in [0.15, 0.2) is 47.6 Å². The van der Waals surface area contributed by atoms with Gasteiger partial charge in [0.15, 0.2) is 0 Å². The molecular formula is C14H12ClN3O2S. The Bertz CT molecular complexity index is 793. The summed E-state index contributed by atoms with van der Waals surface area (Å²) in [6.45, 7) is 0.194. The summed E-state index contributed by atoms with van der Waals surface area (Å²) in [5, 5.41) is 0.527. The number of benzene rings is 1. The summed E-state index contributed by atoms with van der Waals surface area (Å²) >= 11 is 5.76. The number of hydrogen-bond donors (Lipinski definition) is 2. The lowest BCUT2D eigenvalue weighted by atomic mass is 10.3. The minimum Gasteiger partial charge on any atom is -0.320 e. The van der Waals surface area contributed by atoms with Crippen molar-refractivity contribution in [1.29, 1.82) is 0 Å². The minimum atomic E-state index is -3.73. The van der Waals surface area contributed by atoms with Gasteiger partial charge in [0.2, 0.25) is 0 Å². The van der Waals surface area contributed by atoms with Gasteiger partial charge in [0.25, 0.3) is 10.0 Å². The van der Waals surface area contributed by atoms with Gasteiger partial charge < -0.3 is 5.73 Å². The van der Waals surface area contributed by atoms with Crippen LogP contribution >= 0.6 is 11.6 Å². The number of hydrogen-bond acceptors (Lipinski definition) is 4. The van der Waals surface area contributed by atoms with Crippen molar-refractivity contribution in [3.8, 4) is 11.8 Å². The van der Waals surface area contributed by atoms with Crippen LogP contribution in [0, 0.1) is 11.8 Å². The van der Waals surface area contributed by atoms with Gasteiger partial charge in [-0.1, -0.05) is 23.4 Å². The van der Waals surface area contributed by atoms with Gasteiger partial charge in [-0.25, -0.2) is 8.42 Å². The molecule has 0 unspecified atom stereocenters. The fraction of sp³-hybridized carbons (Fsp3) is 0.0714. The number of sulfonamides is 1. The number of pyridine rings is 1. The number of anilines is 1. The molecule has 0 atom stereocenters. The van der Waals surface area contributed by atoms with Crippen molar-refractivity contribution >= 4 is 27.3 Å². The lowest BCUT2D eigenvalue weighted by molar-refractivity contribution is 0.601. The second kappa shape index (κ2) is 6.59. The van der Waals surface area contributed by atoms with E-state index in [1.807, 2.05) is 0 Å².